The van der Waals surface area contributed by atoms with Gasteiger partial charge in [0.25, 0.3) is 0 Å². The number of rotatable bonds is 7. The Morgan fingerprint density at radius 2 is 2.04 bits per heavy atom. The van der Waals surface area contributed by atoms with Crippen molar-refractivity contribution in [3.8, 4) is 10.6 Å². The summed E-state index contributed by atoms with van der Waals surface area (Å²) in [7, 11) is 0. The molecule has 24 heavy (non-hydrogen) atoms. The third-order valence-corrected chi connectivity index (χ3v) is 4.88. The fourth-order valence-corrected chi connectivity index (χ4v) is 3.46. The van der Waals surface area contributed by atoms with Crippen molar-refractivity contribution in [3.05, 3.63) is 71.0 Å². The highest BCUT2D eigenvalue weighted by Crippen LogP contribution is 2.24. The summed E-state index contributed by atoms with van der Waals surface area (Å²) >= 11 is 1.66. The van der Waals surface area contributed by atoms with Crippen LogP contribution in [0.15, 0.2) is 55.0 Å². The van der Waals surface area contributed by atoms with E-state index in [9.17, 15) is 5.11 Å². The quantitative estimate of drug-likeness (QED) is 0.694. The van der Waals surface area contributed by atoms with E-state index in [1.807, 2.05) is 18.3 Å². The number of benzene rings is 1. The summed E-state index contributed by atoms with van der Waals surface area (Å²) in [6.07, 6.45) is 6.26. The molecule has 0 bridgehead atoms. The zero-order valence-electron chi connectivity index (χ0n) is 13.6. The van der Waals surface area contributed by atoms with Crippen LogP contribution >= 0.6 is 11.3 Å². The van der Waals surface area contributed by atoms with Gasteiger partial charge in [0.1, 0.15) is 5.01 Å². The maximum atomic E-state index is 9.64. The van der Waals surface area contributed by atoms with E-state index < -0.39 is 0 Å². The molecule has 0 fully saturated rings. The van der Waals surface area contributed by atoms with Crippen LogP contribution in [0.5, 0.6) is 0 Å². The van der Waals surface area contributed by atoms with E-state index in [-0.39, 0.29) is 12.6 Å². The number of pyridine rings is 1. The number of aromatic nitrogens is 2. The minimum Gasteiger partial charge on any atom is -0.395 e. The number of aryl methyl sites for hydroxylation is 1. The molecule has 2 heterocycles. The van der Waals surface area contributed by atoms with E-state index in [0.29, 0.717) is 6.54 Å². The summed E-state index contributed by atoms with van der Waals surface area (Å²) in [6.45, 7) is 2.91. The van der Waals surface area contributed by atoms with E-state index in [2.05, 4.69) is 46.5 Å². The van der Waals surface area contributed by atoms with E-state index in [1.165, 1.54) is 11.1 Å². The van der Waals surface area contributed by atoms with Gasteiger partial charge in [0, 0.05) is 41.6 Å². The van der Waals surface area contributed by atoms with Gasteiger partial charge in [-0.05, 0) is 31.0 Å². The Balaban J connectivity index is 1.59. The van der Waals surface area contributed by atoms with Crippen molar-refractivity contribution in [2.75, 3.05) is 6.61 Å². The Morgan fingerprint density at radius 3 is 2.79 bits per heavy atom. The van der Waals surface area contributed by atoms with Gasteiger partial charge < -0.3 is 10.4 Å². The largest absolute Gasteiger partial charge is 0.395 e. The van der Waals surface area contributed by atoms with Gasteiger partial charge in [0.15, 0.2) is 0 Å². The van der Waals surface area contributed by atoms with Crippen molar-refractivity contribution >= 4 is 11.3 Å². The van der Waals surface area contributed by atoms with Gasteiger partial charge in [-0.25, -0.2) is 4.98 Å². The Hall–Kier alpha value is -2.08. The van der Waals surface area contributed by atoms with Gasteiger partial charge in [-0.2, -0.15) is 0 Å². The highest BCUT2D eigenvalue weighted by Gasteiger charge is 2.10. The third kappa shape index (κ3) is 4.47. The summed E-state index contributed by atoms with van der Waals surface area (Å²) in [5, 5.41) is 14.1. The van der Waals surface area contributed by atoms with Gasteiger partial charge in [-0.15, -0.1) is 11.3 Å². The lowest BCUT2D eigenvalue weighted by Gasteiger charge is -2.16. The average Bonchev–Trinajstić information content (AvgIpc) is 3.08. The predicted molar refractivity (Wildman–Crippen MR) is 97.9 cm³/mol. The van der Waals surface area contributed by atoms with Crippen LogP contribution in [0.3, 0.4) is 0 Å². The number of aliphatic hydroxyl groups is 1. The SMILES string of the molecule is Cc1cccc(CC(CO)NCc2cnc(-c3ccncc3)s2)c1. The summed E-state index contributed by atoms with van der Waals surface area (Å²) in [5.41, 5.74) is 3.57. The van der Waals surface area contributed by atoms with Crippen molar-refractivity contribution in [2.24, 2.45) is 0 Å². The Bertz CT molecular complexity index is 773. The van der Waals surface area contributed by atoms with Crippen LogP contribution in [-0.4, -0.2) is 27.7 Å². The van der Waals surface area contributed by atoms with Crippen LogP contribution in [0.1, 0.15) is 16.0 Å². The van der Waals surface area contributed by atoms with E-state index >= 15 is 0 Å². The minimum absolute atomic E-state index is 0.0401. The summed E-state index contributed by atoms with van der Waals surface area (Å²) < 4.78 is 0. The molecule has 3 aromatic rings. The first-order valence-corrected chi connectivity index (χ1v) is 8.81. The number of nitrogens with one attached hydrogen (secondary N) is 1. The molecule has 4 nitrogen and oxygen atoms in total. The van der Waals surface area contributed by atoms with E-state index in [1.54, 1.807) is 23.7 Å². The smallest absolute Gasteiger partial charge is 0.123 e. The van der Waals surface area contributed by atoms with Crippen molar-refractivity contribution in [3.63, 3.8) is 0 Å². The highest BCUT2D eigenvalue weighted by molar-refractivity contribution is 7.15. The molecule has 2 aromatic heterocycles. The zero-order chi connectivity index (χ0) is 16.8. The maximum Gasteiger partial charge on any atom is 0.123 e. The standard InChI is InChI=1S/C19H21N3OS/c1-14-3-2-4-15(9-14)10-17(13-23)21-11-18-12-22-19(24-18)16-5-7-20-8-6-16/h2-9,12,17,21,23H,10-11,13H2,1H3. The van der Waals surface area contributed by atoms with Crippen LogP contribution in [0.2, 0.25) is 0 Å². The molecule has 0 saturated carbocycles. The molecular weight excluding hydrogens is 318 g/mol. The molecule has 124 valence electrons. The second-order valence-corrected chi connectivity index (χ2v) is 6.94. The molecule has 0 radical (unpaired) electrons. The Kier molecular flexibility index (Phi) is 5.69. The highest BCUT2D eigenvalue weighted by atomic mass is 32.1. The van der Waals surface area contributed by atoms with Crippen LogP contribution in [0.25, 0.3) is 10.6 Å². The molecule has 0 spiro atoms. The van der Waals surface area contributed by atoms with Gasteiger partial charge in [-0.3, -0.25) is 4.98 Å². The lowest BCUT2D eigenvalue weighted by molar-refractivity contribution is 0.241. The van der Waals surface area contributed by atoms with Crippen molar-refractivity contribution in [1.82, 2.24) is 15.3 Å². The molecular formula is C19H21N3OS. The minimum atomic E-state index is 0.0401. The maximum absolute atomic E-state index is 9.64. The fourth-order valence-electron chi connectivity index (χ4n) is 2.59. The molecule has 0 aliphatic carbocycles. The van der Waals surface area contributed by atoms with Crippen molar-refractivity contribution < 1.29 is 5.11 Å². The monoisotopic (exact) mass is 339 g/mol. The number of aliphatic hydroxyl groups excluding tert-OH is 1. The van der Waals surface area contributed by atoms with E-state index in [0.717, 1.165) is 21.9 Å². The number of nitrogens with zero attached hydrogens (tertiary/aromatic N) is 2. The molecule has 1 unspecified atom stereocenters. The molecule has 1 aromatic carbocycles. The first kappa shape index (κ1) is 16.8. The summed E-state index contributed by atoms with van der Waals surface area (Å²) in [6, 6.07) is 12.4. The predicted octanol–water partition coefficient (Wildman–Crippen LogP) is 3.21. The molecule has 0 aliphatic rings. The van der Waals surface area contributed by atoms with Crippen LogP contribution in [0.4, 0.5) is 0 Å². The molecule has 0 aliphatic heterocycles. The Morgan fingerprint density at radius 1 is 1.21 bits per heavy atom. The van der Waals surface area contributed by atoms with E-state index in [4.69, 9.17) is 0 Å². The third-order valence-electron chi connectivity index (χ3n) is 3.83. The van der Waals surface area contributed by atoms with Crippen molar-refractivity contribution in [1.29, 1.82) is 0 Å². The summed E-state index contributed by atoms with van der Waals surface area (Å²) in [5.74, 6) is 0. The average molecular weight is 339 g/mol. The second kappa shape index (κ2) is 8.15. The van der Waals surface area contributed by atoms with Crippen LogP contribution in [-0.2, 0) is 13.0 Å². The normalized spacial score (nSPS) is 12.2. The second-order valence-electron chi connectivity index (χ2n) is 5.82. The molecule has 1 atom stereocenters. The molecule has 0 saturated heterocycles. The topological polar surface area (TPSA) is 58.0 Å². The molecule has 2 N–H and O–H groups in total. The van der Waals surface area contributed by atoms with Crippen LogP contribution < -0.4 is 5.32 Å². The zero-order valence-corrected chi connectivity index (χ0v) is 14.5. The van der Waals surface area contributed by atoms with Crippen LogP contribution in [0, 0.1) is 6.92 Å². The lowest BCUT2D eigenvalue weighted by atomic mass is 10.0. The lowest BCUT2D eigenvalue weighted by Crippen LogP contribution is -2.33. The molecule has 0 amide bonds. The van der Waals surface area contributed by atoms with Gasteiger partial charge in [0.05, 0.1) is 6.61 Å². The first-order valence-electron chi connectivity index (χ1n) is 7.99. The number of hydrogen-bond acceptors (Lipinski definition) is 5. The molecule has 5 heteroatoms. The first-order chi connectivity index (χ1) is 11.7. The summed E-state index contributed by atoms with van der Waals surface area (Å²) in [4.78, 5) is 9.66. The number of hydrogen-bond donors (Lipinski definition) is 2. The number of thiazole rings is 1. The Labute approximate surface area is 146 Å². The fraction of sp³-hybridized carbons (Fsp3) is 0.263. The van der Waals surface area contributed by atoms with Crippen molar-refractivity contribution in [2.45, 2.75) is 25.9 Å². The van der Waals surface area contributed by atoms with Gasteiger partial charge in [0.2, 0.25) is 0 Å². The molecule has 3 rings (SSSR count). The van der Waals surface area contributed by atoms with Gasteiger partial charge in [-0.1, -0.05) is 29.8 Å². The van der Waals surface area contributed by atoms with Gasteiger partial charge >= 0.3 is 0 Å².